The van der Waals surface area contributed by atoms with E-state index < -0.39 is 60.4 Å². The van der Waals surface area contributed by atoms with E-state index in [1.807, 2.05) is 13.0 Å². The lowest BCUT2D eigenvalue weighted by Crippen LogP contribution is -2.64. The summed E-state index contributed by atoms with van der Waals surface area (Å²) in [6, 6.07) is 0. The fourth-order valence-electron chi connectivity index (χ4n) is 8.82. The number of aliphatic hydroxyl groups is 5. The maximum Gasteiger partial charge on any atom is 0.343 e. The number of epoxide rings is 1. The van der Waals surface area contributed by atoms with Crippen LogP contribution < -0.4 is 5.73 Å². The molecule has 8 unspecified atom stereocenters. The Labute approximate surface area is 281 Å². The standard InChI is InChI=1S/C33H43N5O11/c1-31-8-7-20(49-29-25(43)24(42)23(41)17(12-39)48-29)32(2,13-40)18(31)6-9-33(14-46-33)19(31)5-4-15-10-16(47-28(15)45)11-21-35-22-26(38(21)3)36-30(34)37-27(22)44/h4-5,10-11,17-20,23-25,29,39-43H,6-9,12-14H2,1-3H3,(H3,34,36,37,44)/b5-4+,16-11+/t17?,18?,19?,20-,23?,24?,25?,29?,31+,32+,33?/m1/s1. The predicted octanol–water partition coefficient (Wildman–Crippen LogP) is -0.190. The first-order valence-corrected chi connectivity index (χ1v) is 16.5. The number of ether oxygens (including phenoxy) is 4. The summed E-state index contributed by atoms with van der Waals surface area (Å²) >= 11 is 0. The number of anilines is 1. The lowest BCUT2D eigenvalue weighted by Gasteiger charge is -2.61. The number of carbonyl (C=O) groups excluding carboxylic acids is 1. The number of aromatic hydroxyl groups is 1. The zero-order valence-electron chi connectivity index (χ0n) is 27.5. The van der Waals surface area contributed by atoms with Crippen molar-refractivity contribution >= 4 is 29.2 Å². The van der Waals surface area contributed by atoms with Crippen LogP contribution in [0.3, 0.4) is 0 Å². The summed E-state index contributed by atoms with van der Waals surface area (Å²) in [6.07, 6.45) is 1.96. The van der Waals surface area contributed by atoms with E-state index in [-0.39, 0.29) is 47.0 Å². The highest BCUT2D eigenvalue weighted by atomic mass is 16.7. The molecule has 49 heavy (non-hydrogen) atoms. The number of nitrogens with two attached hydrogens (primary N) is 1. The number of rotatable bonds is 7. The number of aryl methyl sites for hydroxylation is 1. The molecule has 8 N–H and O–H groups in total. The Kier molecular flexibility index (Phi) is 8.39. The van der Waals surface area contributed by atoms with E-state index in [9.17, 15) is 35.4 Å². The molecule has 2 saturated carbocycles. The molecule has 5 heterocycles. The van der Waals surface area contributed by atoms with E-state index in [4.69, 9.17) is 24.7 Å². The summed E-state index contributed by atoms with van der Waals surface area (Å²) in [7, 11) is 1.69. The minimum Gasteiger partial charge on any atom is -0.492 e. The first-order chi connectivity index (χ1) is 23.2. The molecule has 266 valence electrons. The summed E-state index contributed by atoms with van der Waals surface area (Å²) in [4.78, 5) is 25.2. The summed E-state index contributed by atoms with van der Waals surface area (Å²) in [5.41, 5.74) is 4.93. The SMILES string of the molecule is Cn1c(/C=C2C=C(/C=C/C3C4(CCC5[C@]3(C)CC[C@@H](OC3OC(CO)C(O)C(O)C3O)[C@@]5(C)CO)CO4)C(=O)O\2)nc2c(O)nc(N)nc21. The van der Waals surface area contributed by atoms with E-state index in [0.717, 1.165) is 12.8 Å². The highest BCUT2D eigenvalue weighted by Gasteiger charge is 2.67. The molecule has 2 aromatic rings. The van der Waals surface area contributed by atoms with Crippen LogP contribution >= 0.6 is 0 Å². The van der Waals surface area contributed by atoms with Crippen LogP contribution in [-0.4, -0.2) is 118 Å². The molecule has 16 nitrogen and oxygen atoms in total. The van der Waals surface area contributed by atoms with Gasteiger partial charge in [-0.2, -0.15) is 9.97 Å². The Morgan fingerprint density at radius 3 is 2.55 bits per heavy atom. The second kappa shape index (κ2) is 12.1. The number of nitrogen functional groups attached to an aromatic ring is 1. The molecule has 5 aliphatic rings. The average Bonchev–Trinajstić information content (AvgIpc) is 3.65. The van der Waals surface area contributed by atoms with Crippen molar-refractivity contribution in [2.24, 2.45) is 29.7 Å². The highest BCUT2D eigenvalue weighted by molar-refractivity contribution is 5.96. The monoisotopic (exact) mass is 685 g/mol. The third-order valence-electron chi connectivity index (χ3n) is 11.6. The number of carbonyl (C=O) groups is 1. The van der Waals surface area contributed by atoms with Crippen LogP contribution in [0.15, 0.2) is 29.6 Å². The molecule has 0 radical (unpaired) electrons. The Morgan fingerprint density at radius 1 is 1.10 bits per heavy atom. The van der Waals surface area contributed by atoms with E-state index in [2.05, 4.69) is 21.9 Å². The maximum absolute atomic E-state index is 13.0. The number of nitrogens with zero attached hydrogens (tertiary/aromatic N) is 4. The van der Waals surface area contributed by atoms with E-state index in [0.29, 0.717) is 36.5 Å². The second-order valence-corrected chi connectivity index (χ2v) is 14.5. The molecule has 2 aromatic heterocycles. The van der Waals surface area contributed by atoms with Gasteiger partial charge < -0.3 is 59.9 Å². The van der Waals surface area contributed by atoms with Gasteiger partial charge in [-0.15, -0.1) is 0 Å². The fourth-order valence-corrected chi connectivity index (χ4v) is 8.82. The van der Waals surface area contributed by atoms with E-state index >= 15 is 0 Å². The van der Waals surface area contributed by atoms with Gasteiger partial charge in [-0.3, -0.25) is 0 Å². The molecule has 16 heteroatoms. The molecule has 3 aliphatic heterocycles. The van der Waals surface area contributed by atoms with Crippen molar-refractivity contribution in [1.82, 2.24) is 19.5 Å². The topological polar surface area (TPSA) is 248 Å². The van der Waals surface area contributed by atoms with Crippen LogP contribution in [0.5, 0.6) is 5.88 Å². The van der Waals surface area contributed by atoms with Crippen molar-refractivity contribution < 1.29 is 54.4 Å². The van der Waals surface area contributed by atoms with Crippen LogP contribution in [0.1, 0.15) is 45.4 Å². The first-order valence-electron chi connectivity index (χ1n) is 16.5. The minimum atomic E-state index is -1.57. The van der Waals surface area contributed by atoms with Crippen LogP contribution in [0.4, 0.5) is 5.95 Å². The molecule has 11 atom stereocenters. The number of cyclic esters (lactones) is 1. The van der Waals surface area contributed by atoms with Crippen molar-refractivity contribution in [2.45, 2.75) is 81.9 Å². The Hall–Kier alpha value is -3.48. The van der Waals surface area contributed by atoms with Crippen LogP contribution in [0.2, 0.25) is 0 Å². The maximum atomic E-state index is 13.0. The van der Waals surface area contributed by atoms with Crippen LogP contribution in [0, 0.1) is 22.7 Å². The van der Waals surface area contributed by atoms with Gasteiger partial charge in [-0.1, -0.05) is 26.0 Å². The van der Waals surface area contributed by atoms with Crippen molar-refractivity contribution in [1.29, 1.82) is 0 Å². The van der Waals surface area contributed by atoms with Gasteiger partial charge in [0.1, 0.15) is 36.0 Å². The van der Waals surface area contributed by atoms with E-state index in [1.165, 1.54) is 0 Å². The van der Waals surface area contributed by atoms with Gasteiger partial charge in [0.25, 0.3) is 0 Å². The Bertz CT molecular complexity index is 1740. The molecule has 1 spiro atoms. The van der Waals surface area contributed by atoms with Gasteiger partial charge in [0.2, 0.25) is 11.8 Å². The predicted molar refractivity (Wildman–Crippen MR) is 170 cm³/mol. The molecule has 4 fully saturated rings. The van der Waals surface area contributed by atoms with Gasteiger partial charge in [-0.05, 0) is 43.1 Å². The number of hydrogen-bond donors (Lipinski definition) is 7. The third kappa shape index (κ3) is 5.45. The number of allylic oxidation sites excluding steroid dienone is 1. The zero-order valence-corrected chi connectivity index (χ0v) is 27.5. The zero-order chi connectivity index (χ0) is 35.0. The Balaban J connectivity index is 1.14. The largest absolute Gasteiger partial charge is 0.492 e. The van der Waals surface area contributed by atoms with Gasteiger partial charge in [0.15, 0.2) is 17.5 Å². The molecule has 0 amide bonds. The molecule has 0 bridgehead atoms. The van der Waals surface area contributed by atoms with Gasteiger partial charge in [0.05, 0.1) is 37.1 Å². The number of imidazole rings is 1. The minimum absolute atomic E-state index is 0.0656. The third-order valence-corrected chi connectivity index (χ3v) is 11.6. The quantitative estimate of drug-likeness (QED) is 0.113. The Morgan fingerprint density at radius 2 is 1.86 bits per heavy atom. The summed E-state index contributed by atoms with van der Waals surface area (Å²) in [6.45, 7) is 3.91. The number of fused-ring (bicyclic) bond motifs is 2. The summed E-state index contributed by atoms with van der Waals surface area (Å²) < 4.78 is 25.2. The smallest absolute Gasteiger partial charge is 0.343 e. The van der Waals surface area contributed by atoms with Crippen molar-refractivity contribution in [3.63, 3.8) is 0 Å². The summed E-state index contributed by atoms with van der Waals surface area (Å²) in [5, 5.41) is 61.9. The number of esters is 1. The second-order valence-electron chi connectivity index (χ2n) is 14.5. The number of aromatic nitrogens is 4. The highest BCUT2D eigenvalue weighted by Crippen LogP contribution is 2.66. The fraction of sp³-hybridized carbons (Fsp3) is 0.636. The molecule has 2 saturated heterocycles. The van der Waals surface area contributed by atoms with Crippen LogP contribution in [0.25, 0.3) is 17.2 Å². The summed E-state index contributed by atoms with van der Waals surface area (Å²) in [5.74, 6) is -0.547. The van der Waals surface area contributed by atoms with Gasteiger partial charge in [0, 0.05) is 24.5 Å². The molecular formula is C33H43N5O11. The molecular weight excluding hydrogens is 642 g/mol. The number of hydrogen-bond acceptors (Lipinski definition) is 15. The van der Waals surface area contributed by atoms with Crippen molar-refractivity contribution in [3.05, 3.63) is 35.4 Å². The molecule has 0 aromatic carbocycles. The average molecular weight is 686 g/mol. The van der Waals surface area contributed by atoms with Crippen molar-refractivity contribution in [3.8, 4) is 5.88 Å². The van der Waals surface area contributed by atoms with Crippen molar-refractivity contribution in [2.75, 3.05) is 25.6 Å². The van der Waals surface area contributed by atoms with Gasteiger partial charge in [-0.25, -0.2) is 9.78 Å². The normalized spacial score (nSPS) is 41.4. The first kappa shape index (κ1) is 34.0. The van der Waals surface area contributed by atoms with E-state index in [1.54, 1.807) is 29.8 Å². The molecule has 2 aliphatic carbocycles. The van der Waals surface area contributed by atoms with Crippen LogP contribution in [-0.2, 0) is 30.8 Å². The van der Waals surface area contributed by atoms with Gasteiger partial charge >= 0.3 is 5.97 Å². The lowest BCUT2D eigenvalue weighted by atomic mass is 9.45. The molecule has 7 rings (SSSR count). The number of aliphatic hydroxyl groups excluding tert-OH is 5. The lowest BCUT2D eigenvalue weighted by molar-refractivity contribution is -0.330.